The third-order valence-corrected chi connectivity index (χ3v) is 5.50. The van der Waals surface area contributed by atoms with Crippen molar-refractivity contribution >= 4 is 15.7 Å². The van der Waals surface area contributed by atoms with Gasteiger partial charge < -0.3 is 19.2 Å². The summed E-state index contributed by atoms with van der Waals surface area (Å²) in [7, 11) is -3.79. The van der Waals surface area contributed by atoms with E-state index in [9.17, 15) is 13.2 Å². The van der Waals surface area contributed by atoms with Crippen LogP contribution in [0.4, 0.5) is 0 Å². The number of amides is 1. The van der Waals surface area contributed by atoms with Crippen molar-refractivity contribution in [1.82, 2.24) is 5.32 Å². The minimum Gasteiger partial charge on any atom is -0.468 e. The molecular formula is C15H15NO6S. The van der Waals surface area contributed by atoms with Gasteiger partial charge in [-0.1, -0.05) is 0 Å². The number of furan rings is 1. The van der Waals surface area contributed by atoms with Crippen LogP contribution >= 0.6 is 0 Å². The summed E-state index contributed by atoms with van der Waals surface area (Å²) in [4.78, 5) is 11.2. The van der Waals surface area contributed by atoms with E-state index < -0.39 is 15.1 Å². The number of benzene rings is 1. The van der Waals surface area contributed by atoms with E-state index >= 15 is 0 Å². The third-order valence-electron chi connectivity index (χ3n) is 3.44. The van der Waals surface area contributed by atoms with Crippen molar-refractivity contribution in [3.63, 3.8) is 0 Å². The van der Waals surface area contributed by atoms with Crippen molar-refractivity contribution in [3.8, 4) is 11.5 Å². The monoisotopic (exact) mass is 337 g/mol. The highest BCUT2D eigenvalue weighted by atomic mass is 32.2. The van der Waals surface area contributed by atoms with E-state index in [2.05, 4.69) is 5.32 Å². The van der Waals surface area contributed by atoms with Crippen molar-refractivity contribution < 1.29 is 27.1 Å². The summed E-state index contributed by atoms with van der Waals surface area (Å²) < 4.78 is 41.5. The molecule has 0 spiro atoms. The quantitative estimate of drug-likeness (QED) is 0.891. The molecule has 2 heterocycles. The SMILES string of the molecule is CC(=O)NC[C@@H](c1ccco1)S(=O)(=O)c1ccc2c(c1)OCO2. The van der Waals surface area contributed by atoms with Crippen LogP contribution in [0.15, 0.2) is 45.9 Å². The molecule has 0 saturated carbocycles. The Kier molecular flexibility index (Phi) is 3.99. The van der Waals surface area contributed by atoms with Crippen LogP contribution in [-0.2, 0) is 14.6 Å². The summed E-state index contributed by atoms with van der Waals surface area (Å²) in [6.07, 6.45) is 1.39. The fourth-order valence-electron chi connectivity index (χ4n) is 2.29. The van der Waals surface area contributed by atoms with Crippen LogP contribution in [0.2, 0.25) is 0 Å². The zero-order valence-electron chi connectivity index (χ0n) is 12.3. The standard InChI is InChI=1S/C15H15NO6S/c1-10(17)16-8-15(13-3-2-6-20-13)23(18,19)11-4-5-12-14(7-11)22-9-21-12/h2-7,15H,8-9H2,1H3,(H,16,17)/t15-/m0/s1. The number of sulfone groups is 1. The van der Waals surface area contributed by atoms with Gasteiger partial charge in [-0.3, -0.25) is 4.79 Å². The lowest BCUT2D eigenvalue weighted by molar-refractivity contribution is -0.118. The Labute approximate surface area is 133 Å². The van der Waals surface area contributed by atoms with Crippen molar-refractivity contribution in [2.24, 2.45) is 0 Å². The molecule has 1 N–H and O–H groups in total. The Morgan fingerprint density at radius 2 is 2.04 bits per heavy atom. The molecule has 0 fully saturated rings. The molecule has 7 nitrogen and oxygen atoms in total. The highest BCUT2D eigenvalue weighted by Crippen LogP contribution is 2.37. The Balaban J connectivity index is 1.98. The molecular weight excluding hydrogens is 322 g/mol. The van der Waals surface area contributed by atoms with E-state index in [1.165, 1.54) is 25.3 Å². The number of hydrogen-bond acceptors (Lipinski definition) is 6. The summed E-state index contributed by atoms with van der Waals surface area (Å²) in [6.45, 7) is 1.30. The molecule has 0 radical (unpaired) electrons. The maximum atomic E-state index is 12.9. The van der Waals surface area contributed by atoms with Gasteiger partial charge in [-0.2, -0.15) is 0 Å². The van der Waals surface area contributed by atoms with Gasteiger partial charge in [-0.15, -0.1) is 0 Å². The van der Waals surface area contributed by atoms with Gasteiger partial charge in [0.15, 0.2) is 21.3 Å². The first-order chi connectivity index (χ1) is 11.0. The fraction of sp³-hybridized carbons (Fsp3) is 0.267. The first-order valence-electron chi connectivity index (χ1n) is 6.90. The van der Waals surface area contributed by atoms with E-state index in [1.807, 2.05) is 0 Å². The topological polar surface area (TPSA) is 94.8 Å². The van der Waals surface area contributed by atoms with Gasteiger partial charge in [0.1, 0.15) is 11.0 Å². The molecule has 1 amide bonds. The second-order valence-electron chi connectivity index (χ2n) is 5.00. The van der Waals surface area contributed by atoms with Gasteiger partial charge in [-0.25, -0.2) is 8.42 Å². The van der Waals surface area contributed by atoms with Gasteiger partial charge in [0.05, 0.1) is 11.2 Å². The van der Waals surface area contributed by atoms with Crippen molar-refractivity contribution in [2.75, 3.05) is 13.3 Å². The molecule has 1 aromatic heterocycles. The normalized spacial score (nSPS) is 14.5. The smallest absolute Gasteiger partial charge is 0.231 e. The molecule has 1 atom stereocenters. The van der Waals surface area contributed by atoms with Crippen LogP contribution in [0.5, 0.6) is 11.5 Å². The van der Waals surface area contributed by atoms with Crippen LogP contribution in [-0.4, -0.2) is 27.7 Å². The lowest BCUT2D eigenvalue weighted by Gasteiger charge is -2.16. The molecule has 0 saturated heterocycles. The molecule has 0 unspecified atom stereocenters. The summed E-state index contributed by atoms with van der Waals surface area (Å²) in [6, 6.07) is 7.59. The number of carbonyl (C=O) groups excluding carboxylic acids is 1. The van der Waals surface area contributed by atoms with Gasteiger partial charge in [0.2, 0.25) is 12.7 Å². The molecule has 3 rings (SSSR count). The van der Waals surface area contributed by atoms with E-state index in [-0.39, 0.29) is 29.9 Å². The van der Waals surface area contributed by atoms with Crippen LogP contribution < -0.4 is 14.8 Å². The Morgan fingerprint density at radius 1 is 1.26 bits per heavy atom. The molecule has 1 aliphatic heterocycles. The minimum absolute atomic E-state index is 0.0618. The number of ether oxygens (including phenoxy) is 2. The van der Waals surface area contributed by atoms with E-state index in [1.54, 1.807) is 18.2 Å². The van der Waals surface area contributed by atoms with Crippen molar-refractivity contribution in [2.45, 2.75) is 17.1 Å². The number of carbonyl (C=O) groups is 1. The molecule has 1 aromatic carbocycles. The maximum Gasteiger partial charge on any atom is 0.231 e. The first-order valence-corrected chi connectivity index (χ1v) is 8.44. The summed E-state index contributed by atoms with van der Waals surface area (Å²) >= 11 is 0. The average Bonchev–Trinajstić information content (AvgIpc) is 3.17. The first kappa shape index (κ1) is 15.4. The second-order valence-corrected chi connectivity index (χ2v) is 7.13. The maximum absolute atomic E-state index is 12.9. The summed E-state index contributed by atoms with van der Waals surface area (Å²) in [5.74, 6) is 0.822. The van der Waals surface area contributed by atoms with Crippen LogP contribution in [0, 0.1) is 0 Å². The molecule has 23 heavy (non-hydrogen) atoms. The molecule has 0 bridgehead atoms. The Bertz CT molecular complexity index is 812. The van der Waals surface area contributed by atoms with Crippen LogP contribution in [0.25, 0.3) is 0 Å². The van der Waals surface area contributed by atoms with Crippen LogP contribution in [0.3, 0.4) is 0 Å². The van der Waals surface area contributed by atoms with Gasteiger partial charge in [-0.05, 0) is 24.3 Å². The predicted octanol–water partition coefficient (Wildman–Crippen LogP) is 1.66. The molecule has 1 aliphatic rings. The number of nitrogens with one attached hydrogen (secondary N) is 1. The zero-order chi connectivity index (χ0) is 16.4. The van der Waals surface area contributed by atoms with Crippen molar-refractivity contribution in [1.29, 1.82) is 0 Å². The van der Waals surface area contributed by atoms with Gasteiger partial charge in [0, 0.05) is 19.5 Å². The molecule has 122 valence electrons. The highest BCUT2D eigenvalue weighted by Gasteiger charge is 2.32. The Hall–Kier alpha value is -2.48. The minimum atomic E-state index is -3.79. The lowest BCUT2D eigenvalue weighted by Crippen LogP contribution is -2.30. The van der Waals surface area contributed by atoms with E-state index in [0.29, 0.717) is 11.5 Å². The number of fused-ring (bicyclic) bond motifs is 1. The fourth-order valence-corrected chi connectivity index (χ4v) is 3.89. The highest BCUT2D eigenvalue weighted by molar-refractivity contribution is 7.91. The average molecular weight is 337 g/mol. The summed E-state index contributed by atoms with van der Waals surface area (Å²) in [5, 5.41) is 1.50. The number of rotatable bonds is 5. The van der Waals surface area contributed by atoms with E-state index in [4.69, 9.17) is 13.9 Å². The van der Waals surface area contributed by atoms with Crippen molar-refractivity contribution in [3.05, 3.63) is 42.4 Å². The zero-order valence-corrected chi connectivity index (χ0v) is 13.1. The third kappa shape index (κ3) is 3.02. The van der Waals surface area contributed by atoms with E-state index in [0.717, 1.165) is 0 Å². The Morgan fingerprint density at radius 3 is 2.74 bits per heavy atom. The molecule has 0 aliphatic carbocycles. The second kappa shape index (κ2) is 5.96. The molecule has 2 aromatic rings. The van der Waals surface area contributed by atoms with Gasteiger partial charge >= 0.3 is 0 Å². The van der Waals surface area contributed by atoms with Crippen LogP contribution in [0.1, 0.15) is 17.9 Å². The largest absolute Gasteiger partial charge is 0.468 e. The molecule has 8 heteroatoms. The van der Waals surface area contributed by atoms with Gasteiger partial charge in [0.25, 0.3) is 0 Å². The lowest BCUT2D eigenvalue weighted by atomic mass is 10.3. The summed E-state index contributed by atoms with van der Waals surface area (Å²) in [5.41, 5.74) is 0. The predicted molar refractivity (Wildman–Crippen MR) is 79.9 cm³/mol. The number of hydrogen-bond donors (Lipinski definition) is 1.